The van der Waals surface area contributed by atoms with Crippen molar-refractivity contribution in [2.24, 2.45) is 11.5 Å². The van der Waals surface area contributed by atoms with Crippen molar-refractivity contribution >= 4 is 44.5 Å². The highest BCUT2D eigenvalue weighted by Gasteiger charge is 2.12. The monoisotopic (exact) mass is 525 g/mol. The number of hydrogen-bond donors (Lipinski definition) is 5. The molecule has 7 N–H and O–H groups in total. The maximum Gasteiger partial charge on any atom is 0.0544 e. The number of rotatable bonds is 8. The van der Waals surface area contributed by atoms with E-state index in [4.69, 9.17) is 16.9 Å². The van der Waals surface area contributed by atoms with Gasteiger partial charge in [-0.3, -0.25) is 0 Å². The number of nitrogens with two attached hydrogens (primary N) is 2. The van der Waals surface area contributed by atoms with Gasteiger partial charge in [-0.25, -0.2) is 0 Å². The molecule has 0 radical (unpaired) electrons. The largest absolute Gasteiger partial charge is 0.404 e. The minimum atomic E-state index is 0.710. The van der Waals surface area contributed by atoms with Crippen LogP contribution in [0.3, 0.4) is 0 Å². The fourth-order valence-corrected chi connectivity index (χ4v) is 5.30. The molecule has 1 aliphatic heterocycles. The van der Waals surface area contributed by atoms with Crippen molar-refractivity contribution in [1.29, 1.82) is 5.41 Å². The first-order valence-corrected chi connectivity index (χ1v) is 13.5. The summed E-state index contributed by atoms with van der Waals surface area (Å²) in [6.07, 6.45) is 19.5. The fraction of sp³-hybridized carbons (Fsp3) is 0.114. The van der Waals surface area contributed by atoms with Gasteiger partial charge in [-0.15, -0.1) is 0 Å². The maximum atomic E-state index is 7.60. The van der Waals surface area contributed by atoms with Gasteiger partial charge in [0, 0.05) is 52.5 Å². The second-order valence-corrected chi connectivity index (χ2v) is 9.79. The van der Waals surface area contributed by atoms with E-state index < -0.39 is 0 Å². The molecule has 4 aromatic rings. The predicted octanol–water partition coefficient (Wildman–Crippen LogP) is 7.30. The predicted molar refractivity (Wildman–Crippen MR) is 172 cm³/mol. The Morgan fingerprint density at radius 1 is 0.900 bits per heavy atom. The van der Waals surface area contributed by atoms with E-state index in [2.05, 4.69) is 77.1 Å². The third-order valence-electron chi connectivity index (χ3n) is 7.41. The Hall–Kier alpha value is -5.03. The second kappa shape index (κ2) is 11.8. The van der Waals surface area contributed by atoms with Gasteiger partial charge in [-0.1, -0.05) is 72.9 Å². The van der Waals surface area contributed by atoms with Crippen molar-refractivity contribution in [3.8, 4) is 0 Å². The van der Waals surface area contributed by atoms with Gasteiger partial charge in [0.15, 0.2) is 0 Å². The highest BCUT2D eigenvalue weighted by atomic mass is 14.9. The zero-order chi connectivity index (χ0) is 28.1. The lowest BCUT2D eigenvalue weighted by Crippen LogP contribution is -2.19. The minimum absolute atomic E-state index is 0.710. The Labute approximate surface area is 235 Å². The van der Waals surface area contributed by atoms with Crippen molar-refractivity contribution < 1.29 is 0 Å². The molecule has 200 valence electrons. The summed E-state index contributed by atoms with van der Waals surface area (Å²) >= 11 is 0. The molecule has 5 heteroatoms. The molecule has 0 unspecified atom stereocenters. The second-order valence-electron chi connectivity index (χ2n) is 9.79. The molecule has 5 nitrogen and oxygen atoms in total. The number of aromatic amines is 1. The van der Waals surface area contributed by atoms with Crippen molar-refractivity contribution in [2.75, 3.05) is 6.54 Å². The lowest BCUT2D eigenvalue weighted by molar-refractivity contribution is 0.957. The number of allylic oxidation sites excluding steroid dienone is 9. The molecule has 5 rings (SSSR count). The molecule has 0 bridgehead atoms. The van der Waals surface area contributed by atoms with E-state index in [1.165, 1.54) is 33.3 Å². The normalized spacial score (nSPS) is 15.3. The van der Waals surface area contributed by atoms with Crippen LogP contribution in [-0.4, -0.2) is 17.7 Å². The molecule has 0 saturated carbocycles. The Bertz CT molecular complexity index is 1820. The number of benzene rings is 3. The van der Waals surface area contributed by atoms with Crippen LogP contribution < -0.4 is 16.8 Å². The standard InChI is InChI=1S/C35H35N5/c1-3-6-27(20-37)28(21-38)8-5-7-23-9-13-31-32-15-10-25-18-26(11-14-30(25)35(32)40-34(31)17-23)33-16-12-29(22-39-33)24(4-2)19-36/h3-6,8-21,36,39-40H,7,22,37-38H2,1-2H3/b6-3-,8-5-,24-4+,27-20+,28-21+,36-19?. The molecule has 0 saturated heterocycles. The van der Waals surface area contributed by atoms with Crippen LogP contribution in [0.25, 0.3) is 38.3 Å². The number of nitrogens with one attached hydrogen (secondary N) is 3. The summed E-state index contributed by atoms with van der Waals surface area (Å²) in [6.45, 7) is 4.63. The van der Waals surface area contributed by atoms with Crippen molar-refractivity contribution in [1.82, 2.24) is 10.3 Å². The lowest BCUT2D eigenvalue weighted by Gasteiger charge is -2.18. The third-order valence-corrected chi connectivity index (χ3v) is 7.41. The van der Waals surface area contributed by atoms with Crippen LogP contribution in [0.15, 0.2) is 126 Å². The number of dihydropyridines is 1. The van der Waals surface area contributed by atoms with E-state index in [0.717, 1.165) is 51.0 Å². The van der Waals surface area contributed by atoms with Crippen LogP contribution in [0.1, 0.15) is 25.0 Å². The molecule has 0 fully saturated rings. The molecule has 0 aliphatic carbocycles. The van der Waals surface area contributed by atoms with Crippen LogP contribution in [0.5, 0.6) is 0 Å². The van der Waals surface area contributed by atoms with Gasteiger partial charge in [-0.05, 0) is 77.3 Å². The Morgan fingerprint density at radius 3 is 2.38 bits per heavy atom. The van der Waals surface area contributed by atoms with E-state index in [1.54, 1.807) is 12.4 Å². The summed E-state index contributed by atoms with van der Waals surface area (Å²) in [5.74, 6) is 0. The Morgan fingerprint density at radius 2 is 1.68 bits per heavy atom. The average Bonchev–Trinajstić information content (AvgIpc) is 3.37. The van der Waals surface area contributed by atoms with Gasteiger partial charge in [0.05, 0.1) is 5.52 Å². The number of H-pyrrole nitrogens is 1. The number of hydrogen-bond acceptors (Lipinski definition) is 4. The van der Waals surface area contributed by atoms with Gasteiger partial charge in [0.2, 0.25) is 0 Å². The van der Waals surface area contributed by atoms with Gasteiger partial charge < -0.3 is 27.2 Å². The molecule has 2 heterocycles. The summed E-state index contributed by atoms with van der Waals surface area (Å²) < 4.78 is 0. The number of aromatic nitrogens is 1. The van der Waals surface area contributed by atoms with Crippen LogP contribution in [-0.2, 0) is 6.42 Å². The molecule has 1 aromatic heterocycles. The first-order chi connectivity index (χ1) is 19.6. The smallest absolute Gasteiger partial charge is 0.0544 e. The quantitative estimate of drug-likeness (QED) is 0.123. The summed E-state index contributed by atoms with van der Waals surface area (Å²) in [7, 11) is 0. The Kier molecular flexibility index (Phi) is 7.83. The van der Waals surface area contributed by atoms with Gasteiger partial charge >= 0.3 is 0 Å². The van der Waals surface area contributed by atoms with Gasteiger partial charge in [0.25, 0.3) is 0 Å². The third kappa shape index (κ3) is 5.14. The van der Waals surface area contributed by atoms with E-state index >= 15 is 0 Å². The van der Waals surface area contributed by atoms with E-state index in [0.29, 0.717) is 6.54 Å². The topological polar surface area (TPSA) is 104 Å². The molecule has 40 heavy (non-hydrogen) atoms. The highest BCUT2D eigenvalue weighted by molar-refractivity contribution is 6.17. The van der Waals surface area contributed by atoms with E-state index in [-0.39, 0.29) is 0 Å². The highest BCUT2D eigenvalue weighted by Crippen LogP contribution is 2.33. The van der Waals surface area contributed by atoms with Crippen molar-refractivity contribution in [2.45, 2.75) is 20.3 Å². The molecular weight excluding hydrogens is 490 g/mol. The van der Waals surface area contributed by atoms with Crippen molar-refractivity contribution in [3.05, 3.63) is 137 Å². The molecule has 0 atom stereocenters. The minimum Gasteiger partial charge on any atom is -0.404 e. The lowest BCUT2D eigenvalue weighted by atomic mass is 9.99. The zero-order valence-electron chi connectivity index (χ0n) is 23.0. The first kappa shape index (κ1) is 26.6. The molecule has 0 amide bonds. The maximum absolute atomic E-state index is 7.60. The summed E-state index contributed by atoms with van der Waals surface area (Å²) in [5, 5.41) is 16.0. The number of fused-ring (bicyclic) bond motifs is 5. The SMILES string of the molecule is C\C=C/C(=C\N)C(/C=C\Cc1ccc2c(c1)[nH]c1c3ccc(C4=CC=C(/C(C=N)=C/C)CN4)cc3ccc21)=C/N. The van der Waals surface area contributed by atoms with Gasteiger partial charge in [-0.2, -0.15) is 0 Å². The molecule has 3 aromatic carbocycles. The zero-order valence-corrected chi connectivity index (χ0v) is 23.0. The van der Waals surface area contributed by atoms with E-state index in [9.17, 15) is 0 Å². The van der Waals surface area contributed by atoms with Crippen molar-refractivity contribution in [3.63, 3.8) is 0 Å². The van der Waals surface area contributed by atoms with Crippen LogP contribution in [0.2, 0.25) is 0 Å². The van der Waals surface area contributed by atoms with Gasteiger partial charge in [0.1, 0.15) is 0 Å². The molecule has 0 spiro atoms. The summed E-state index contributed by atoms with van der Waals surface area (Å²) in [5.41, 5.74) is 21.2. The van der Waals surface area contributed by atoms with E-state index in [1.807, 2.05) is 38.2 Å². The van der Waals surface area contributed by atoms with Crippen LogP contribution in [0, 0.1) is 5.41 Å². The fourth-order valence-electron chi connectivity index (χ4n) is 5.30. The van der Waals surface area contributed by atoms with Crippen LogP contribution >= 0.6 is 0 Å². The summed E-state index contributed by atoms with van der Waals surface area (Å²) in [4.78, 5) is 3.69. The molecule has 1 aliphatic rings. The summed E-state index contributed by atoms with van der Waals surface area (Å²) in [6, 6.07) is 17.7. The Balaban J connectivity index is 1.43. The first-order valence-electron chi connectivity index (χ1n) is 13.5. The van der Waals surface area contributed by atoms with Crippen LogP contribution in [0.4, 0.5) is 0 Å². The average molecular weight is 526 g/mol. The molecular formula is C35H35N5.